The Labute approximate surface area is 173 Å². The summed E-state index contributed by atoms with van der Waals surface area (Å²) in [6.45, 7) is -0.612. The van der Waals surface area contributed by atoms with Gasteiger partial charge in [0.1, 0.15) is 17.2 Å². The van der Waals surface area contributed by atoms with Crippen LogP contribution in [0.1, 0.15) is 5.56 Å². The molecule has 0 spiro atoms. The van der Waals surface area contributed by atoms with Crippen molar-refractivity contribution in [2.75, 3.05) is 33.3 Å². The van der Waals surface area contributed by atoms with E-state index in [2.05, 4.69) is 10.6 Å². The van der Waals surface area contributed by atoms with E-state index < -0.39 is 24.5 Å². The summed E-state index contributed by atoms with van der Waals surface area (Å²) in [5.41, 5.74) is 1.09. The second kappa shape index (κ2) is 11.1. The molecule has 2 rings (SSSR count). The van der Waals surface area contributed by atoms with Crippen LogP contribution in [0.2, 0.25) is 0 Å². The van der Waals surface area contributed by atoms with Gasteiger partial charge in [-0.15, -0.1) is 0 Å². The number of hydrogen-bond donors (Lipinski definition) is 2. The summed E-state index contributed by atoms with van der Waals surface area (Å²) in [5.74, 6) is 0.218. The number of carbonyl (C=O) groups excluding carboxylic acids is 3. The summed E-state index contributed by atoms with van der Waals surface area (Å²) >= 11 is 0. The SMILES string of the molecule is COc1ccc(NC(=O)NC(=O)COC(=O)/C=C/c2ccc(OC)cc2OC)cc1. The van der Waals surface area contributed by atoms with Gasteiger partial charge < -0.3 is 24.3 Å². The number of carbonyl (C=O) groups is 3. The van der Waals surface area contributed by atoms with Crippen molar-refractivity contribution in [2.24, 2.45) is 0 Å². The Balaban J connectivity index is 1.80. The smallest absolute Gasteiger partial charge is 0.331 e. The van der Waals surface area contributed by atoms with Gasteiger partial charge in [0, 0.05) is 23.4 Å². The second-order valence-corrected chi connectivity index (χ2v) is 5.78. The highest BCUT2D eigenvalue weighted by Gasteiger charge is 2.10. The van der Waals surface area contributed by atoms with Crippen molar-refractivity contribution in [1.82, 2.24) is 5.32 Å². The third-order valence-corrected chi connectivity index (χ3v) is 3.79. The number of urea groups is 1. The molecule has 158 valence electrons. The maximum Gasteiger partial charge on any atom is 0.331 e. The third kappa shape index (κ3) is 6.86. The Bertz CT molecular complexity index is 923. The quantitative estimate of drug-likeness (QED) is 0.504. The number of ether oxygens (including phenoxy) is 4. The lowest BCUT2D eigenvalue weighted by Gasteiger charge is -2.08. The Morgan fingerprint density at radius 3 is 2.20 bits per heavy atom. The van der Waals surface area contributed by atoms with Gasteiger partial charge >= 0.3 is 12.0 Å². The van der Waals surface area contributed by atoms with Crippen LogP contribution >= 0.6 is 0 Å². The lowest BCUT2D eigenvalue weighted by atomic mass is 10.2. The number of benzene rings is 2. The van der Waals surface area contributed by atoms with Gasteiger partial charge in [-0.3, -0.25) is 10.1 Å². The van der Waals surface area contributed by atoms with Gasteiger partial charge in [0.2, 0.25) is 0 Å². The van der Waals surface area contributed by atoms with Crippen molar-refractivity contribution < 1.29 is 33.3 Å². The average molecular weight is 414 g/mol. The summed E-state index contributed by atoms with van der Waals surface area (Å²) in [6, 6.07) is 10.9. The van der Waals surface area contributed by atoms with E-state index in [4.69, 9.17) is 18.9 Å². The molecule has 0 bridgehead atoms. The van der Waals surface area contributed by atoms with E-state index in [-0.39, 0.29) is 0 Å². The highest BCUT2D eigenvalue weighted by molar-refractivity contribution is 6.02. The Hall–Kier alpha value is -4.01. The molecule has 2 aromatic rings. The van der Waals surface area contributed by atoms with Crippen LogP contribution < -0.4 is 24.8 Å². The molecule has 2 aromatic carbocycles. The molecule has 0 saturated heterocycles. The van der Waals surface area contributed by atoms with E-state index in [1.807, 2.05) is 0 Å². The molecule has 9 heteroatoms. The van der Waals surface area contributed by atoms with Crippen LogP contribution in [0.3, 0.4) is 0 Å². The number of nitrogens with one attached hydrogen (secondary N) is 2. The van der Waals surface area contributed by atoms with Crippen LogP contribution in [-0.4, -0.2) is 45.8 Å². The first-order valence-corrected chi connectivity index (χ1v) is 8.77. The normalized spacial score (nSPS) is 10.2. The summed E-state index contributed by atoms with van der Waals surface area (Å²) in [4.78, 5) is 35.4. The Morgan fingerprint density at radius 1 is 0.900 bits per heavy atom. The van der Waals surface area contributed by atoms with E-state index in [1.165, 1.54) is 27.4 Å². The highest BCUT2D eigenvalue weighted by Crippen LogP contribution is 2.25. The third-order valence-electron chi connectivity index (χ3n) is 3.79. The molecule has 0 fully saturated rings. The summed E-state index contributed by atoms with van der Waals surface area (Å²) in [6.07, 6.45) is 2.63. The van der Waals surface area contributed by atoms with E-state index in [0.717, 1.165) is 6.08 Å². The average Bonchev–Trinajstić information content (AvgIpc) is 2.76. The number of esters is 1. The molecule has 0 atom stereocenters. The van der Waals surface area contributed by atoms with Crippen LogP contribution in [-0.2, 0) is 14.3 Å². The zero-order valence-electron chi connectivity index (χ0n) is 16.8. The van der Waals surface area contributed by atoms with Gasteiger partial charge in [-0.25, -0.2) is 9.59 Å². The lowest BCUT2D eigenvalue weighted by molar-refractivity contribution is -0.143. The summed E-state index contributed by atoms with van der Waals surface area (Å²) in [7, 11) is 4.55. The molecule has 3 amide bonds. The van der Waals surface area contributed by atoms with E-state index in [1.54, 1.807) is 42.5 Å². The van der Waals surface area contributed by atoms with E-state index in [0.29, 0.717) is 28.5 Å². The van der Waals surface area contributed by atoms with Crippen molar-refractivity contribution in [3.63, 3.8) is 0 Å². The largest absolute Gasteiger partial charge is 0.497 e. The number of hydrogen-bond acceptors (Lipinski definition) is 7. The molecule has 0 heterocycles. The molecular formula is C21H22N2O7. The van der Waals surface area contributed by atoms with E-state index in [9.17, 15) is 14.4 Å². The first-order valence-electron chi connectivity index (χ1n) is 8.77. The number of anilines is 1. The van der Waals surface area contributed by atoms with Crippen LogP contribution in [0.5, 0.6) is 17.2 Å². The fourth-order valence-electron chi connectivity index (χ4n) is 2.30. The van der Waals surface area contributed by atoms with Gasteiger partial charge in [0.15, 0.2) is 6.61 Å². The molecule has 2 N–H and O–H groups in total. The first-order chi connectivity index (χ1) is 14.4. The van der Waals surface area contributed by atoms with Crippen molar-refractivity contribution in [2.45, 2.75) is 0 Å². The minimum absolute atomic E-state index is 0.467. The zero-order valence-corrected chi connectivity index (χ0v) is 16.8. The van der Waals surface area contributed by atoms with Crippen molar-refractivity contribution >= 4 is 29.7 Å². The zero-order chi connectivity index (χ0) is 21.9. The Kier molecular flexibility index (Phi) is 8.25. The van der Waals surface area contributed by atoms with Crippen molar-refractivity contribution in [3.05, 3.63) is 54.1 Å². The van der Waals surface area contributed by atoms with Crippen LogP contribution in [0.25, 0.3) is 6.08 Å². The predicted molar refractivity (Wildman–Crippen MR) is 110 cm³/mol. The van der Waals surface area contributed by atoms with E-state index >= 15 is 0 Å². The molecular weight excluding hydrogens is 392 g/mol. The molecule has 0 unspecified atom stereocenters. The fourth-order valence-corrected chi connectivity index (χ4v) is 2.30. The van der Waals surface area contributed by atoms with Gasteiger partial charge in [-0.05, 0) is 42.5 Å². The van der Waals surface area contributed by atoms with Crippen LogP contribution in [0.4, 0.5) is 10.5 Å². The van der Waals surface area contributed by atoms with Crippen molar-refractivity contribution in [3.8, 4) is 17.2 Å². The van der Waals surface area contributed by atoms with Gasteiger partial charge in [-0.2, -0.15) is 0 Å². The highest BCUT2D eigenvalue weighted by atomic mass is 16.5. The predicted octanol–water partition coefficient (Wildman–Crippen LogP) is 2.62. The van der Waals surface area contributed by atoms with Gasteiger partial charge in [0.05, 0.1) is 21.3 Å². The molecule has 0 aliphatic carbocycles. The topological polar surface area (TPSA) is 112 Å². The van der Waals surface area contributed by atoms with Crippen LogP contribution in [0.15, 0.2) is 48.5 Å². The maximum absolute atomic E-state index is 11.8. The Morgan fingerprint density at radius 2 is 1.57 bits per heavy atom. The molecule has 0 aliphatic heterocycles. The van der Waals surface area contributed by atoms with Gasteiger partial charge in [-0.1, -0.05) is 0 Å². The molecule has 30 heavy (non-hydrogen) atoms. The molecule has 9 nitrogen and oxygen atoms in total. The summed E-state index contributed by atoms with van der Waals surface area (Å²) < 4.78 is 20.2. The minimum atomic E-state index is -0.773. The molecule has 0 radical (unpaired) electrons. The number of rotatable bonds is 8. The molecule has 0 aliphatic rings. The molecule has 0 aromatic heterocycles. The monoisotopic (exact) mass is 414 g/mol. The molecule has 0 saturated carbocycles. The number of imide groups is 1. The summed E-state index contributed by atoms with van der Waals surface area (Å²) in [5, 5.41) is 4.54. The maximum atomic E-state index is 11.8. The number of methoxy groups -OCH3 is 3. The lowest BCUT2D eigenvalue weighted by Crippen LogP contribution is -2.37. The fraction of sp³-hybridized carbons (Fsp3) is 0.190. The van der Waals surface area contributed by atoms with Gasteiger partial charge in [0.25, 0.3) is 5.91 Å². The van der Waals surface area contributed by atoms with Crippen LogP contribution in [0, 0.1) is 0 Å². The first kappa shape index (κ1) is 22.3. The number of amides is 3. The van der Waals surface area contributed by atoms with Crippen molar-refractivity contribution in [1.29, 1.82) is 0 Å². The minimum Gasteiger partial charge on any atom is -0.497 e. The second-order valence-electron chi connectivity index (χ2n) is 5.78. The standard InChI is InChI=1S/C21H22N2O7/c1-27-16-9-6-15(7-10-16)22-21(26)23-19(24)13-30-20(25)11-5-14-4-8-17(28-2)12-18(14)29-3/h4-12H,13H2,1-3H3,(H2,22,23,24,26)/b11-5+.